The molecule has 7 nitrogen and oxygen atoms in total. The van der Waals surface area contributed by atoms with Crippen molar-refractivity contribution >= 4 is 20.2 Å². The zero-order chi connectivity index (χ0) is 12.3. The number of nitrogens with one attached hydrogen (secondary N) is 1. The summed E-state index contributed by atoms with van der Waals surface area (Å²) in [6.45, 7) is 2.92. The molecule has 0 aromatic heterocycles. The molecule has 0 bridgehead atoms. The van der Waals surface area contributed by atoms with Crippen LogP contribution in [0, 0.1) is 0 Å². The van der Waals surface area contributed by atoms with Gasteiger partial charge in [-0.05, 0) is 12.8 Å². The van der Waals surface area contributed by atoms with Gasteiger partial charge in [0.1, 0.15) is 10.7 Å². The van der Waals surface area contributed by atoms with Crippen LogP contribution in [-0.4, -0.2) is 36.7 Å². The van der Waals surface area contributed by atoms with E-state index in [9.17, 15) is 16.8 Å². The number of hydrogen-bond acceptors (Lipinski definition) is 5. The molecule has 0 heterocycles. The average Bonchev–Trinajstić information content (AvgIpc) is 2.01. The van der Waals surface area contributed by atoms with Crippen LogP contribution in [-0.2, 0) is 20.2 Å². The molecule has 92 valence electrons. The molecule has 0 aromatic rings. The average molecular weight is 261 g/mol. The van der Waals surface area contributed by atoms with Crippen LogP contribution in [0.3, 0.4) is 0 Å². The molecule has 0 aromatic carbocycles. The van der Waals surface area contributed by atoms with Gasteiger partial charge < -0.3 is 0 Å². The second-order valence-electron chi connectivity index (χ2n) is 2.99. The van der Waals surface area contributed by atoms with E-state index in [1.54, 1.807) is 0 Å². The largest absolute Gasteiger partial charge is 0.284 e. The molecular formula is C6H15NO6S2. The Morgan fingerprint density at radius 1 is 0.933 bits per heavy atom. The van der Waals surface area contributed by atoms with Crippen molar-refractivity contribution in [3.8, 4) is 0 Å². The van der Waals surface area contributed by atoms with Crippen molar-refractivity contribution in [2.75, 3.05) is 0 Å². The Morgan fingerprint density at radius 3 is 1.33 bits per heavy atom. The maximum absolute atomic E-state index is 10.8. The summed E-state index contributed by atoms with van der Waals surface area (Å²) in [6.07, 6.45) is -0.0181. The molecule has 0 spiro atoms. The lowest BCUT2D eigenvalue weighted by atomic mass is 10.4. The molecule has 0 amide bonds. The van der Waals surface area contributed by atoms with Crippen molar-refractivity contribution in [1.29, 1.82) is 0 Å². The fourth-order valence-corrected chi connectivity index (χ4v) is 2.64. The highest BCUT2D eigenvalue weighted by atomic mass is 32.2. The Kier molecular flexibility index (Phi) is 5.14. The molecule has 0 radical (unpaired) electrons. The third-order valence-electron chi connectivity index (χ3n) is 1.83. The second-order valence-corrected chi connectivity index (χ2v) is 6.19. The fraction of sp³-hybridized carbons (Fsp3) is 1.00. The molecule has 0 fully saturated rings. The molecule has 0 saturated heterocycles. The summed E-state index contributed by atoms with van der Waals surface area (Å²) in [4.78, 5) is 0. The van der Waals surface area contributed by atoms with Gasteiger partial charge >= 0.3 is 0 Å². The molecule has 9 heteroatoms. The van der Waals surface area contributed by atoms with E-state index >= 15 is 0 Å². The molecule has 3 N–H and O–H groups in total. The minimum Gasteiger partial charge on any atom is -0.284 e. The predicted molar refractivity (Wildman–Crippen MR) is 54.4 cm³/mol. The summed E-state index contributed by atoms with van der Waals surface area (Å²) in [5.41, 5.74) is 0. The Bertz CT molecular complexity index is 348. The molecule has 2 atom stereocenters. The molecular weight excluding hydrogens is 246 g/mol. The quantitative estimate of drug-likeness (QED) is 0.567. The van der Waals surface area contributed by atoms with E-state index in [1.807, 2.05) is 0 Å². The lowest BCUT2D eigenvalue weighted by Gasteiger charge is -2.19. The van der Waals surface area contributed by atoms with Gasteiger partial charge in [0.15, 0.2) is 0 Å². The van der Waals surface area contributed by atoms with Gasteiger partial charge in [0, 0.05) is 0 Å². The van der Waals surface area contributed by atoms with E-state index in [2.05, 4.69) is 5.32 Å². The standard InChI is InChI=1S/C6H15NO6S2/c1-3-5(14(8,9)10)7-6(4-2)15(11,12)13/h5-7H,3-4H2,1-2H3,(H,8,9,10)(H,11,12,13). The summed E-state index contributed by atoms with van der Waals surface area (Å²) in [5, 5.41) is -0.640. The Hall–Kier alpha value is -0.220. The molecule has 2 unspecified atom stereocenters. The highest BCUT2D eigenvalue weighted by Gasteiger charge is 2.29. The summed E-state index contributed by atoms with van der Waals surface area (Å²) >= 11 is 0. The van der Waals surface area contributed by atoms with Crippen LogP contribution in [0.2, 0.25) is 0 Å². The summed E-state index contributed by atoms with van der Waals surface area (Å²) in [5.74, 6) is 0. The first-order valence-corrected chi connectivity index (χ1v) is 7.32. The first-order valence-electron chi connectivity index (χ1n) is 4.31. The first-order chi connectivity index (χ1) is 6.62. The van der Waals surface area contributed by atoms with Gasteiger partial charge in [-0.1, -0.05) is 13.8 Å². The minimum absolute atomic E-state index is 0.00907. The van der Waals surface area contributed by atoms with Crippen LogP contribution >= 0.6 is 0 Å². The highest BCUT2D eigenvalue weighted by molar-refractivity contribution is 7.87. The van der Waals surface area contributed by atoms with Gasteiger partial charge in [-0.2, -0.15) is 16.8 Å². The maximum atomic E-state index is 10.8. The van der Waals surface area contributed by atoms with Crippen molar-refractivity contribution in [2.24, 2.45) is 0 Å². The van der Waals surface area contributed by atoms with E-state index in [0.717, 1.165) is 0 Å². The summed E-state index contributed by atoms with van der Waals surface area (Å²) in [7, 11) is -8.73. The van der Waals surface area contributed by atoms with Crippen molar-refractivity contribution in [3.05, 3.63) is 0 Å². The highest BCUT2D eigenvalue weighted by Crippen LogP contribution is 2.07. The zero-order valence-electron chi connectivity index (χ0n) is 8.41. The summed E-state index contributed by atoms with van der Waals surface area (Å²) < 4.78 is 60.5. The Balaban J connectivity index is 4.83. The first kappa shape index (κ1) is 14.8. The van der Waals surface area contributed by atoms with Crippen LogP contribution in [0.4, 0.5) is 0 Å². The Labute approximate surface area is 89.4 Å². The molecule has 15 heavy (non-hydrogen) atoms. The minimum atomic E-state index is -4.37. The smallest absolute Gasteiger partial charge is 0.281 e. The van der Waals surface area contributed by atoms with Crippen LogP contribution in [0.5, 0.6) is 0 Å². The van der Waals surface area contributed by atoms with Crippen LogP contribution in [0.1, 0.15) is 26.7 Å². The van der Waals surface area contributed by atoms with Gasteiger partial charge in [-0.3, -0.25) is 14.4 Å². The van der Waals surface area contributed by atoms with E-state index in [-0.39, 0.29) is 12.8 Å². The van der Waals surface area contributed by atoms with Gasteiger partial charge in [0.05, 0.1) is 0 Å². The van der Waals surface area contributed by atoms with Gasteiger partial charge in [-0.25, -0.2) is 0 Å². The van der Waals surface area contributed by atoms with E-state index < -0.39 is 31.0 Å². The molecule has 0 saturated carbocycles. The second kappa shape index (κ2) is 5.21. The van der Waals surface area contributed by atoms with Gasteiger partial charge in [-0.15, -0.1) is 0 Å². The van der Waals surface area contributed by atoms with Crippen molar-refractivity contribution in [3.63, 3.8) is 0 Å². The lowest BCUT2D eigenvalue weighted by molar-refractivity contribution is 0.416. The number of hydrogen-bond donors (Lipinski definition) is 3. The molecule has 0 aliphatic carbocycles. The van der Waals surface area contributed by atoms with E-state index in [4.69, 9.17) is 9.11 Å². The van der Waals surface area contributed by atoms with Crippen LogP contribution in [0.25, 0.3) is 0 Å². The number of rotatable bonds is 6. The fourth-order valence-electron chi connectivity index (χ4n) is 1.04. The molecule has 0 rings (SSSR count). The zero-order valence-corrected chi connectivity index (χ0v) is 10.0. The third kappa shape index (κ3) is 4.89. The van der Waals surface area contributed by atoms with E-state index in [1.165, 1.54) is 13.8 Å². The predicted octanol–water partition coefficient (Wildman–Crippen LogP) is -0.176. The summed E-state index contributed by atoms with van der Waals surface area (Å²) in [6, 6.07) is 0. The topological polar surface area (TPSA) is 121 Å². The third-order valence-corrected chi connectivity index (χ3v) is 4.21. The Morgan fingerprint density at radius 2 is 1.20 bits per heavy atom. The molecule has 0 aliphatic rings. The monoisotopic (exact) mass is 261 g/mol. The van der Waals surface area contributed by atoms with Crippen LogP contribution < -0.4 is 5.32 Å². The SMILES string of the molecule is CCC(NC(CC)S(=O)(=O)O)S(=O)(=O)O. The maximum Gasteiger partial charge on any atom is 0.281 e. The van der Waals surface area contributed by atoms with Crippen molar-refractivity contribution in [1.82, 2.24) is 5.32 Å². The normalized spacial score (nSPS) is 17.3. The van der Waals surface area contributed by atoms with Crippen LogP contribution in [0.15, 0.2) is 0 Å². The van der Waals surface area contributed by atoms with Gasteiger partial charge in [0.25, 0.3) is 20.2 Å². The van der Waals surface area contributed by atoms with Crippen molar-refractivity contribution < 1.29 is 25.9 Å². The van der Waals surface area contributed by atoms with Gasteiger partial charge in [0.2, 0.25) is 0 Å². The lowest BCUT2D eigenvalue weighted by Crippen LogP contribution is -2.46. The molecule has 0 aliphatic heterocycles. The van der Waals surface area contributed by atoms with Crippen molar-refractivity contribution in [2.45, 2.75) is 37.4 Å². The van der Waals surface area contributed by atoms with E-state index in [0.29, 0.717) is 0 Å².